The number of piperidine rings is 1. The SMILES string of the molecule is CC(=O)N[C@H]1CCCC1C(Cn1ccnc1)(c1ccccc1)C1CCN(CC2CN(c3ccc(Sc4ccccc4)cc3)C2)CC1. The molecule has 3 heterocycles. The molecule has 2 unspecified atom stereocenters. The number of anilines is 1. The van der Waals surface area contributed by atoms with E-state index >= 15 is 0 Å². The number of likely N-dealkylation sites (tertiary alicyclic amines) is 1. The predicted molar refractivity (Wildman–Crippen MR) is 187 cm³/mol. The van der Waals surface area contributed by atoms with Crippen molar-refractivity contribution in [1.29, 1.82) is 0 Å². The molecule has 1 aliphatic carbocycles. The fraction of sp³-hybridized carbons (Fsp3) is 0.436. The molecule has 0 bridgehead atoms. The van der Waals surface area contributed by atoms with Crippen molar-refractivity contribution in [1.82, 2.24) is 19.8 Å². The lowest BCUT2D eigenvalue weighted by molar-refractivity contribution is -0.120. The molecule has 1 amide bonds. The molecule has 4 aromatic rings. The van der Waals surface area contributed by atoms with Crippen molar-refractivity contribution in [2.45, 2.75) is 66.8 Å². The first-order valence-corrected chi connectivity index (χ1v) is 18.0. The summed E-state index contributed by atoms with van der Waals surface area (Å²) < 4.78 is 2.29. The molecule has 3 atom stereocenters. The van der Waals surface area contributed by atoms with E-state index in [1.165, 1.54) is 46.8 Å². The van der Waals surface area contributed by atoms with E-state index in [0.29, 0.717) is 11.8 Å². The summed E-state index contributed by atoms with van der Waals surface area (Å²) in [4.78, 5) is 24.6. The Balaban J connectivity index is 1.01. The van der Waals surface area contributed by atoms with Crippen molar-refractivity contribution in [3.8, 4) is 0 Å². The van der Waals surface area contributed by atoms with Crippen molar-refractivity contribution in [2.75, 3.05) is 37.6 Å². The van der Waals surface area contributed by atoms with Crippen molar-refractivity contribution in [3.05, 3.63) is 109 Å². The first-order chi connectivity index (χ1) is 22.6. The number of nitrogens with one attached hydrogen (secondary N) is 1. The van der Waals surface area contributed by atoms with Crippen LogP contribution in [0.15, 0.2) is 113 Å². The van der Waals surface area contributed by atoms with Crippen LogP contribution >= 0.6 is 11.8 Å². The van der Waals surface area contributed by atoms with Gasteiger partial charge in [0.05, 0.1) is 6.33 Å². The van der Waals surface area contributed by atoms with Gasteiger partial charge in [0.1, 0.15) is 0 Å². The molecule has 6 nitrogen and oxygen atoms in total. The molecular weight excluding hydrogens is 587 g/mol. The van der Waals surface area contributed by atoms with Gasteiger partial charge < -0.3 is 19.7 Å². The van der Waals surface area contributed by atoms with E-state index in [-0.39, 0.29) is 17.4 Å². The fourth-order valence-electron chi connectivity index (χ4n) is 8.77. The maximum atomic E-state index is 12.3. The minimum Gasteiger partial charge on any atom is -0.371 e. The molecule has 2 aliphatic heterocycles. The minimum absolute atomic E-state index is 0.0596. The van der Waals surface area contributed by atoms with Gasteiger partial charge in [-0.05, 0) is 92.6 Å². The molecule has 7 rings (SSSR count). The number of nitrogens with zero attached hydrogens (tertiary/aromatic N) is 4. The molecule has 3 aliphatic rings. The zero-order valence-electron chi connectivity index (χ0n) is 27.0. The molecule has 1 saturated carbocycles. The number of carbonyl (C=O) groups is 1. The average molecular weight is 634 g/mol. The van der Waals surface area contributed by atoms with Crippen LogP contribution < -0.4 is 10.2 Å². The summed E-state index contributed by atoms with van der Waals surface area (Å²) in [5.41, 5.74) is 2.70. The summed E-state index contributed by atoms with van der Waals surface area (Å²) in [7, 11) is 0. The fourth-order valence-corrected chi connectivity index (χ4v) is 9.61. The Labute approximate surface area is 278 Å². The summed E-state index contributed by atoms with van der Waals surface area (Å²) in [5, 5.41) is 3.39. The monoisotopic (exact) mass is 633 g/mol. The van der Waals surface area contributed by atoms with Crippen LogP contribution in [0.4, 0.5) is 5.69 Å². The molecule has 0 spiro atoms. The van der Waals surface area contributed by atoms with Crippen LogP contribution in [0.2, 0.25) is 0 Å². The van der Waals surface area contributed by atoms with Crippen LogP contribution in [0.3, 0.4) is 0 Å². The summed E-state index contributed by atoms with van der Waals surface area (Å²) >= 11 is 1.82. The normalized spacial score (nSPS) is 22.3. The highest BCUT2D eigenvalue weighted by Crippen LogP contribution is 2.51. The van der Waals surface area contributed by atoms with Gasteiger partial charge in [0.25, 0.3) is 0 Å². The smallest absolute Gasteiger partial charge is 0.217 e. The Hall–Kier alpha value is -3.55. The number of hydrogen-bond acceptors (Lipinski definition) is 5. The van der Waals surface area contributed by atoms with E-state index in [2.05, 4.69) is 116 Å². The second-order valence-electron chi connectivity index (χ2n) is 13.7. The quantitative estimate of drug-likeness (QED) is 0.191. The first-order valence-electron chi connectivity index (χ1n) is 17.2. The van der Waals surface area contributed by atoms with E-state index in [1.54, 1.807) is 6.92 Å². The van der Waals surface area contributed by atoms with Crippen molar-refractivity contribution in [3.63, 3.8) is 0 Å². The van der Waals surface area contributed by atoms with E-state index < -0.39 is 0 Å². The molecule has 46 heavy (non-hydrogen) atoms. The first kappa shape index (κ1) is 31.1. The molecule has 3 fully saturated rings. The van der Waals surface area contributed by atoms with Gasteiger partial charge in [-0.15, -0.1) is 0 Å². The number of benzene rings is 3. The van der Waals surface area contributed by atoms with Crippen LogP contribution in [0.25, 0.3) is 0 Å². The second-order valence-corrected chi connectivity index (χ2v) is 14.9. The van der Waals surface area contributed by atoms with Crippen LogP contribution in [0.1, 0.15) is 44.6 Å². The Morgan fingerprint density at radius 2 is 1.59 bits per heavy atom. The summed E-state index contributed by atoms with van der Waals surface area (Å²) in [6.45, 7) is 8.33. The van der Waals surface area contributed by atoms with E-state index in [1.807, 2.05) is 24.3 Å². The number of aromatic nitrogens is 2. The number of carbonyl (C=O) groups excluding carboxylic acids is 1. The molecule has 3 aromatic carbocycles. The lowest BCUT2D eigenvalue weighted by atomic mass is 9.58. The number of hydrogen-bond donors (Lipinski definition) is 1. The van der Waals surface area contributed by atoms with Gasteiger partial charge in [-0.1, -0.05) is 66.7 Å². The highest BCUT2D eigenvalue weighted by molar-refractivity contribution is 7.99. The largest absolute Gasteiger partial charge is 0.371 e. The molecule has 2 saturated heterocycles. The average Bonchev–Trinajstić information content (AvgIpc) is 3.75. The maximum Gasteiger partial charge on any atom is 0.217 e. The van der Waals surface area contributed by atoms with Crippen molar-refractivity contribution < 1.29 is 4.79 Å². The van der Waals surface area contributed by atoms with Crippen LogP contribution in [-0.2, 0) is 16.8 Å². The lowest BCUT2D eigenvalue weighted by Crippen LogP contribution is -2.56. The summed E-state index contributed by atoms with van der Waals surface area (Å²) in [6.07, 6.45) is 11.7. The molecule has 1 N–H and O–H groups in total. The molecular formula is C39H47N5OS. The van der Waals surface area contributed by atoms with E-state index in [9.17, 15) is 4.79 Å². The van der Waals surface area contributed by atoms with Crippen molar-refractivity contribution >= 4 is 23.4 Å². The van der Waals surface area contributed by atoms with Crippen molar-refractivity contribution in [2.24, 2.45) is 17.8 Å². The Morgan fingerprint density at radius 3 is 2.26 bits per heavy atom. The van der Waals surface area contributed by atoms with Gasteiger partial charge in [0.2, 0.25) is 5.91 Å². The second kappa shape index (κ2) is 14.1. The van der Waals surface area contributed by atoms with Gasteiger partial charge >= 0.3 is 0 Å². The third-order valence-electron chi connectivity index (χ3n) is 10.9. The zero-order chi connectivity index (χ0) is 31.3. The minimum atomic E-state index is -0.0596. The zero-order valence-corrected chi connectivity index (χ0v) is 27.8. The van der Waals surface area contributed by atoms with Gasteiger partial charge in [-0.2, -0.15) is 0 Å². The molecule has 0 radical (unpaired) electrons. The predicted octanol–water partition coefficient (Wildman–Crippen LogP) is 7.13. The topological polar surface area (TPSA) is 53.4 Å². The lowest BCUT2D eigenvalue weighted by Gasteiger charge is -2.51. The Kier molecular flexibility index (Phi) is 9.50. The summed E-state index contributed by atoms with van der Waals surface area (Å²) in [6, 6.07) is 31.1. The Bertz CT molecular complexity index is 1530. The standard InChI is InChI=1S/C39H47N5OS/c1-30(45)41-38-14-8-13-37(38)39(28-43-24-21-40-29-43,32-9-4-2-5-10-32)33-19-22-42(23-20-33)25-31-26-44(27-31)34-15-17-36(18-16-34)46-35-11-6-3-7-12-35/h2-7,9-12,15-18,21,24,29,31,33,37-38H,8,13-14,19-20,22-23,25-28H2,1H3,(H,41,45)/t37?,38-,39?/m0/s1. The van der Waals surface area contributed by atoms with Crippen LogP contribution in [0.5, 0.6) is 0 Å². The summed E-state index contributed by atoms with van der Waals surface area (Å²) in [5.74, 6) is 1.75. The van der Waals surface area contributed by atoms with Gasteiger partial charge in [-0.3, -0.25) is 4.79 Å². The van der Waals surface area contributed by atoms with Gasteiger partial charge in [0.15, 0.2) is 0 Å². The van der Waals surface area contributed by atoms with Crippen LogP contribution in [-0.4, -0.2) is 59.1 Å². The maximum absolute atomic E-state index is 12.3. The number of amides is 1. The molecule has 1 aromatic heterocycles. The number of rotatable bonds is 11. The third-order valence-corrected chi connectivity index (χ3v) is 11.9. The highest BCUT2D eigenvalue weighted by atomic mass is 32.2. The number of imidazole rings is 1. The van der Waals surface area contributed by atoms with Gasteiger partial charge in [-0.25, -0.2) is 4.98 Å². The van der Waals surface area contributed by atoms with E-state index in [0.717, 1.165) is 51.5 Å². The van der Waals surface area contributed by atoms with Gasteiger partial charge in [0, 0.05) is 78.3 Å². The Morgan fingerprint density at radius 1 is 0.891 bits per heavy atom. The van der Waals surface area contributed by atoms with Crippen LogP contribution in [0, 0.1) is 17.8 Å². The highest BCUT2D eigenvalue weighted by Gasteiger charge is 2.52. The molecule has 7 heteroatoms. The third kappa shape index (κ3) is 6.77. The van der Waals surface area contributed by atoms with E-state index in [4.69, 9.17) is 0 Å². The molecule has 240 valence electrons.